The molecule has 1 aromatic heterocycles. The van der Waals surface area contributed by atoms with Gasteiger partial charge in [0, 0.05) is 43.7 Å². The van der Waals surface area contributed by atoms with Gasteiger partial charge in [-0.1, -0.05) is 0 Å². The van der Waals surface area contributed by atoms with Gasteiger partial charge in [-0.15, -0.1) is 0 Å². The van der Waals surface area contributed by atoms with E-state index in [1.54, 1.807) is 51.2 Å². The van der Waals surface area contributed by atoms with Crippen molar-refractivity contribution in [1.82, 2.24) is 10.3 Å². The third kappa shape index (κ3) is 4.72. The van der Waals surface area contributed by atoms with E-state index in [0.717, 1.165) is 4.74 Å². The topological polar surface area (TPSA) is 105 Å². The number of carbonyl (C=O) groups is 2. The number of nitrogens with one attached hydrogen (secondary N) is 1. The van der Waals surface area contributed by atoms with E-state index in [-0.39, 0.29) is 5.75 Å². The summed E-state index contributed by atoms with van der Waals surface area (Å²) in [5.41, 5.74) is 1.00. The summed E-state index contributed by atoms with van der Waals surface area (Å²) in [4.78, 5) is 27.6. The lowest BCUT2D eigenvalue weighted by Crippen LogP contribution is -2.42. The largest absolute Gasteiger partial charge is 0.623 e. The highest BCUT2D eigenvalue weighted by atomic mass is 32.1. The van der Waals surface area contributed by atoms with Crippen molar-refractivity contribution >= 4 is 41.6 Å². The van der Waals surface area contributed by atoms with Crippen LogP contribution in [0.2, 0.25) is 0 Å². The van der Waals surface area contributed by atoms with Gasteiger partial charge in [0.2, 0.25) is 0 Å². The molecule has 0 bridgehead atoms. The number of thiol groups is 1. The van der Waals surface area contributed by atoms with E-state index in [2.05, 4.69) is 22.9 Å². The molecule has 1 amide bonds. The molecule has 0 fully saturated rings. The third-order valence-electron chi connectivity index (χ3n) is 3.68. The number of benzene rings is 1. The number of pyridine rings is 1. The van der Waals surface area contributed by atoms with E-state index in [9.17, 15) is 14.8 Å². The fourth-order valence-corrected chi connectivity index (χ4v) is 2.36. The molecule has 0 aliphatic carbocycles. The van der Waals surface area contributed by atoms with Gasteiger partial charge in [0.25, 0.3) is 5.91 Å². The number of fused-ring (bicyclic) bond motifs is 1. The van der Waals surface area contributed by atoms with Crippen LogP contribution >= 0.6 is 12.6 Å². The SMILES string of the molecule is CC(C)(C)/[N+]([O-])=C\c1cnc2ccc(C(=O)NC(CS)C(=O)O)cc2c1. The van der Waals surface area contributed by atoms with Crippen LogP contribution in [0.3, 0.4) is 0 Å². The number of aromatic nitrogens is 1. The molecule has 1 heterocycles. The molecular formula is C18H21N3O4S. The van der Waals surface area contributed by atoms with Crippen molar-refractivity contribution in [3.05, 3.63) is 46.8 Å². The van der Waals surface area contributed by atoms with Gasteiger partial charge in [0.1, 0.15) is 6.04 Å². The lowest BCUT2D eigenvalue weighted by molar-refractivity contribution is -0.530. The van der Waals surface area contributed by atoms with Gasteiger partial charge in [0.15, 0.2) is 11.8 Å². The normalized spacial score (nSPS) is 13.5. The van der Waals surface area contributed by atoms with E-state index in [4.69, 9.17) is 5.11 Å². The summed E-state index contributed by atoms with van der Waals surface area (Å²) < 4.78 is 0.844. The second kappa shape index (κ2) is 7.74. The highest BCUT2D eigenvalue weighted by Gasteiger charge is 2.20. The fourth-order valence-electron chi connectivity index (χ4n) is 2.12. The number of aliphatic carboxylic acids is 1. The predicted octanol–water partition coefficient (Wildman–Crippen LogP) is 2.08. The molecule has 1 aromatic carbocycles. The lowest BCUT2D eigenvalue weighted by Gasteiger charge is -2.18. The Balaban J connectivity index is 2.34. The lowest BCUT2D eigenvalue weighted by atomic mass is 10.1. The summed E-state index contributed by atoms with van der Waals surface area (Å²) in [5.74, 6) is -1.67. The molecule has 0 spiro atoms. The molecule has 2 rings (SSSR count). The first-order valence-electron chi connectivity index (χ1n) is 7.97. The van der Waals surface area contributed by atoms with Crippen molar-refractivity contribution in [3.63, 3.8) is 0 Å². The van der Waals surface area contributed by atoms with Crippen molar-refractivity contribution in [2.75, 3.05) is 5.75 Å². The summed E-state index contributed by atoms with van der Waals surface area (Å²) in [6.45, 7) is 5.40. The predicted molar refractivity (Wildman–Crippen MR) is 103 cm³/mol. The third-order valence-corrected chi connectivity index (χ3v) is 4.04. The molecule has 0 saturated carbocycles. The summed E-state index contributed by atoms with van der Waals surface area (Å²) in [6, 6.07) is 5.53. The van der Waals surface area contributed by atoms with Crippen LogP contribution in [0.25, 0.3) is 10.9 Å². The van der Waals surface area contributed by atoms with Crippen molar-refractivity contribution in [1.29, 1.82) is 0 Å². The highest BCUT2D eigenvalue weighted by molar-refractivity contribution is 7.80. The number of carboxylic acids is 1. The molecule has 1 unspecified atom stereocenters. The maximum absolute atomic E-state index is 12.3. The molecule has 138 valence electrons. The monoisotopic (exact) mass is 375 g/mol. The Hall–Kier alpha value is -2.61. The molecule has 0 aliphatic heterocycles. The Morgan fingerprint density at radius 2 is 2.08 bits per heavy atom. The minimum absolute atomic E-state index is 0.0124. The van der Waals surface area contributed by atoms with Crippen LogP contribution in [0.1, 0.15) is 36.7 Å². The fraction of sp³-hybridized carbons (Fsp3) is 0.333. The summed E-state index contributed by atoms with van der Waals surface area (Å²) >= 11 is 3.93. The molecule has 26 heavy (non-hydrogen) atoms. The standard InChI is InChI=1S/C18H21N3O4S/c1-18(2,3)21(25)9-11-6-13-7-12(4-5-14(13)19-8-11)16(22)20-15(10-26)17(23)24/h4-9,15,26H,10H2,1-3H3,(H,20,22)(H,23,24)/b21-9+. The second-order valence-electron chi connectivity index (χ2n) is 6.85. The van der Waals surface area contributed by atoms with Crippen molar-refractivity contribution < 1.29 is 19.4 Å². The second-order valence-corrected chi connectivity index (χ2v) is 7.21. The minimum Gasteiger partial charge on any atom is -0.623 e. The van der Waals surface area contributed by atoms with Crippen LogP contribution in [0.15, 0.2) is 30.5 Å². The van der Waals surface area contributed by atoms with Crippen molar-refractivity contribution in [3.8, 4) is 0 Å². The van der Waals surface area contributed by atoms with Crippen LogP contribution in [0, 0.1) is 5.21 Å². The molecule has 0 aliphatic rings. The molecule has 2 aromatic rings. The van der Waals surface area contributed by atoms with Gasteiger partial charge >= 0.3 is 5.97 Å². The van der Waals surface area contributed by atoms with Crippen LogP contribution in [-0.2, 0) is 4.79 Å². The van der Waals surface area contributed by atoms with Gasteiger partial charge in [-0.25, -0.2) is 9.53 Å². The molecule has 7 nitrogen and oxygen atoms in total. The van der Waals surface area contributed by atoms with Gasteiger partial charge in [-0.05, 0) is 24.3 Å². The van der Waals surface area contributed by atoms with E-state index < -0.39 is 23.5 Å². The molecule has 0 saturated heterocycles. The first-order chi connectivity index (χ1) is 12.1. The number of hydrogen-bond donors (Lipinski definition) is 3. The zero-order chi connectivity index (χ0) is 19.5. The van der Waals surface area contributed by atoms with E-state index >= 15 is 0 Å². The Bertz CT molecular complexity index is 874. The number of rotatable bonds is 5. The number of carboxylic acid groups (broad SMARTS) is 1. The number of nitrogens with zero attached hydrogens (tertiary/aromatic N) is 2. The Morgan fingerprint density at radius 1 is 1.38 bits per heavy atom. The first-order valence-corrected chi connectivity index (χ1v) is 8.61. The van der Waals surface area contributed by atoms with E-state index in [1.165, 1.54) is 6.21 Å². The van der Waals surface area contributed by atoms with Crippen LogP contribution in [0.4, 0.5) is 0 Å². The maximum atomic E-state index is 12.3. The van der Waals surface area contributed by atoms with Gasteiger partial charge in [-0.2, -0.15) is 12.6 Å². The van der Waals surface area contributed by atoms with E-state index in [0.29, 0.717) is 22.0 Å². The van der Waals surface area contributed by atoms with Crippen molar-refractivity contribution in [2.45, 2.75) is 32.4 Å². The number of hydroxylamine groups is 1. The summed E-state index contributed by atoms with van der Waals surface area (Å²) in [6.07, 6.45) is 3.03. The molecular weight excluding hydrogens is 354 g/mol. The van der Waals surface area contributed by atoms with Crippen LogP contribution in [0.5, 0.6) is 0 Å². The highest BCUT2D eigenvalue weighted by Crippen LogP contribution is 2.16. The molecule has 2 N–H and O–H groups in total. The number of carbonyl (C=O) groups excluding carboxylic acids is 1. The Labute approximate surface area is 156 Å². The molecule has 1 atom stereocenters. The van der Waals surface area contributed by atoms with Gasteiger partial charge < -0.3 is 15.6 Å². The van der Waals surface area contributed by atoms with Gasteiger partial charge in [-0.3, -0.25) is 9.78 Å². The smallest absolute Gasteiger partial charge is 0.327 e. The summed E-state index contributed by atoms with van der Waals surface area (Å²) in [5, 5.41) is 24.2. The Kier molecular flexibility index (Phi) is 5.86. The van der Waals surface area contributed by atoms with Crippen LogP contribution < -0.4 is 5.32 Å². The Morgan fingerprint density at radius 3 is 2.65 bits per heavy atom. The summed E-state index contributed by atoms with van der Waals surface area (Å²) in [7, 11) is 0. The maximum Gasteiger partial charge on any atom is 0.327 e. The van der Waals surface area contributed by atoms with Crippen LogP contribution in [-0.4, -0.2) is 50.3 Å². The molecule has 8 heteroatoms. The number of amides is 1. The first kappa shape index (κ1) is 19.7. The van der Waals surface area contributed by atoms with E-state index in [1.807, 2.05) is 0 Å². The average molecular weight is 375 g/mol. The zero-order valence-corrected chi connectivity index (χ0v) is 15.7. The quantitative estimate of drug-likeness (QED) is 0.244. The van der Waals surface area contributed by atoms with Crippen molar-refractivity contribution in [2.24, 2.45) is 0 Å². The average Bonchev–Trinajstić information content (AvgIpc) is 2.57. The molecule has 0 radical (unpaired) electrons. The van der Waals surface area contributed by atoms with Gasteiger partial charge in [0.05, 0.1) is 11.1 Å². The zero-order valence-electron chi connectivity index (χ0n) is 14.8. The number of hydrogen-bond acceptors (Lipinski definition) is 5. The minimum atomic E-state index is -1.15.